The summed E-state index contributed by atoms with van der Waals surface area (Å²) >= 11 is 5.97. The molecule has 3 rings (SSSR count). The molecular formula is C13H13ClN8. The van der Waals surface area contributed by atoms with Gasteiger partial charge >= 0.3 is 0 Å². The summed E-state index contributed by atoms with van der Waals surface area (Å²) in [6.45, 7) is 1.98. The highest BCUT2D eigenvalue weighted by Crippen LogP contribution is 2.23. The third-order valence-electron chi connectivity index (χ3n) is 3.04. The van der Waals surface area contributed by atoms with Gasteiger partial charge in [-0.2, -0.15) is 4.98 Å². The summed E-state index contributed by atoms with van der Waals surface area (Å²) in [4.78, 5) is 8.44. The maximum absolute atomic E-state index is 5.97. The lowest BCUT2D eigenvalue weighted by atomic mass is 10.2. The van der Waals surface area contributed by atoms with E-state index in [1.807, 2.05) is 25.1 Å². The molecule has 0 fully saturated rings. The first-order valence-corrected chi connectivity index (χ1v) is 6.86. The molecule has 0 bridgehead atoms. The predicted molar refractivity (Wildman–Crippen MR) is 83.8 cm³/mol. The van der Waals surface area contributed by atoms with E-state index in [9.17, 15) is 0 Å². The Kier molecular flexibility index (Phi) is 3.84. The maximum atomic E-state index is 5.97. The standard InChI is InChI=1S/C13H13ClN8/c1-8-3-4-9(5-11(8)22-7-17-20-21-22)18-13-16-6-10(14)12(15-2)19-13/h3-7H,1-2H3,(H2,15,16,18,19). The van der Waals surface area contributed by atoms with Crippen molar-refractivity contribution < 1.29 is 0 Å². The molecule has 22 heavy (non-hydrogen) atoms. The first-order valence-electron chi connectivity index (χ1n) is 6.48. The van der Waals surface area contributed by atoms with Crippen LogP contribution in [0.2, 0.25) is 5.02 Å². The monoisotopic (exact) mass is 316 g/mol. The molecule has 0 radical (unpaired) electrons. The van der Waals surface area contributed by atoms with Gasteiger partial charge in [0, 0.05) is 12.7 Å². The molecule has 0 spiro atoms. The quantitative estimate of drug-likeness (QED) is 0.762. The van der Waals surface area contributed by atoms with Crippen LogP contribution in [-0.2, 0) is 0 Å². The van der Waals surface area contributed by atoms with E-state index in [0.717, 1.165) is 16.9 Å². The second-order valence-corrected chi connectivity index (χ2v) is 4.93. The van der Waals surface area contributed by atoms with Crippen LogP contribution in [0.3, 0.4) is 0 Å². The highest BCUT2D eigenvalue weighted by atomic mass is 35.5. The van der Waals surface area contributed by atoms with E-state index in [2.05, 4.69) is 36.1 Å². The fraction of sp³-hybridized carbons (Fsp3) is 0.154. The van der Waals surface area contributed by atoms with Crippen LogP contribution in [0, 0.1) is 6.92 Å². The van der Waals surface area contributed by atoms with Crippen molar-refractivity contribution in [2.24, 2.45) is 0 Å². The Hall–Kier alpha value is -2.74. The lowest BCUT2D eigenvalue weighted by Crippen LogP contribution is -2.03. The first-order chi connectivity index (χ1) is 10.7. The molecule has 2 aromatic heterocycles. The number of aryl methyl sites for hydroxylation is 1. The molecule has 0 unspecified atom stereocenters. The van der Waals surface area contributed by atoms with Crippen LogP contribution < -0.4 is 10.6 Å². The van der Waals surface area contributed by atoms with Crippen LogP contribution in [0.15, 0.2) is 30.7 Å². The molecule has 112 valence electrons. The summed E-state index contributed by atoms with van der Waals surface area (Å²) in [6.07, 6.45) is 3.09. The van der Waals surface area contributed by atoms with Crippen molar-refractivity contribution >= 4 is 29.1 Å². The van der Waals surface area contributed by atoms with Gasteiger partial charge in [0.05, 0.1) is 11.9 Å². The SMILES string of the molecule is CNc1nc(Nc2ccc(C)c(-n3cnnn3)c2)ncc1Cl. The molecule has 0 atom stereocenters. The van der Waals surface area contributed by atoms with Crippen LogP contribution in [0.25, 0.3) is 5.69 Å². The number of anilines is 3. The van der Waals surface area contributed by atoms with E-state index < -0.39 is 0 Å². The summed E-state index contributed by atoms with van der Waals surface area (Å²) in [5.41, 5.74) is 2.74. The number of hydrogen-bond donors (Lipinski definition) is 2. The summed E-state index contributed by atoms with van der Waals surface area (Å²) < 4.78 is 1.60. The van der Waals surface area contributed by atoms with E-state index in [1.165, 1.54) is 0 Å². The molecule has 0 saturated carbocycles. The number of nitrogens with one attached hydrogen (secondary N) is 2. The Morgan fingerprint density at radius 2 is 2.14 bits per heavy atom. The summed E-state index contributed by atoms with van der Waals surface area (Å²) in [5.74, 6) is 1.01. The topological polar surface area (TPSA) is 93.4 Å². The van der Waals surface area contributed by atoms with Gasteiger partial charge in [-0.05, 0) is 35.0 Å². The number of aromatic nitrogens is 6. The number of rotatable bonds is 4. The van der Waals surface area contributed by atoms with Crippen molar-refractivity contribution in [3.05, 3.63) is 41.3 Å². The molecule has 3 aromatic rings. The average Bonchev–Trinajstić information content (AvgIpc) is 3.05. The van der Waals surface area contributed by atoms with Crippen LogP contribution in [-0.4, -0.2) is 37.2 Å². The minimum Gasteiger partial charge on any atom is -0.372 e. The minimum atomic E-state index is 0.445. The van der Waals surface area contributed by atoms with Gasteiger partial charge in [0.15, 0.2) is 0 Å². The smallest absolute Gasteiger partial charge is 0.229 e. The van der Waals surface area contributed by atoms with Gasteiger partial charge in [0.2, 0.25) is 5.95 Å². The van der Waals surface area contributed by atoms with E-state index in [4.69, 9.17) is 11.6 Å². The number of halogens is 1. The van der Waals surface area contributed by atoms with Crippen LogP contribution in [0.1, 0.15) is 5.56 Å². The molecule has 0 aliphatic heterocycles. The molecule has 9 heteroatoms. The van der Waals surface area contributed by atoms with E-state index in [1.54, 1.807) is 24.3 Å². The third kappa shape index (κ3) is 2.82. The van der Waals surface area contributed by atoms with Gasteiger partial charge in [0.25, 0.3) is 0 Å². The second-order valence-electron chi connectivity index (χ2n) is 4.52. The van der Waals surface area contributed by atoms with Gasteiger partial charge in [0.1, 0.15) is 17.2 Å². The molecule has 0 amide bonds. The number of hydrogen-bond acceptors (Lipinski definition) is 7. The number of nitrogens with zero attached hydrogens (tertiary/aromatic N) is 6. The average molecular weight is 317 g/mol. The predicted octanol–water partition coefficient (Wildman–Crippen LogP) is 2.20. The number of benzene rings is 1. The fourth-order valence-electron chi connectivity index (χ4n) is 1.94. The van der Waals surface area contributed by atoms with Crippen LogP contribution in [0.4, 0.5) is 17.5 Å². The lowest BCUT2D eigenvalue weighted by molar-refractivity contribution is 0.785. The van der Waals surface area contributed by atoms with Gasteiger partial charge in [-0.3, -0.25) is 0 Å². The zero-order valence-corrected chi connectivity index (χ0v) is 12.7. The van der Waals surface area contributed by atoms with Gasteiger partial charge in [-0.1, -0.05) is 17.7 Å². The van der Waals surface area contributed by atoms with E-state index >= 15 is 0 Å². The molecule has 0 aliphatic rings. The summed E-state index contributed by atoms with van der Waals surface area (Å²) in [5, 5.41) is 17.7. The van der Waals surface area contributed by atoms with Crippen molar-refractivity contribution in [1.29, 1.82) is 0 Å². The van der Waals surface area contributed by atoms with Crippen molar-refractivity contribution in [1.82, 2.24) is 30.2 Å². The minimum absolute atomic E-state index is 0.445. The molecule has 0 aliphatic carbocycles. The zero-order chi connectivity index (χ0) is 15.5. The van der Waals surface area contributed by atoms with Gasteiger partial charge < -0.3 is 10.6 Å². The Balaban J connectivity index is 1.91. The second kappa shape index (κ2) is 5.94. The van der Waals surface area contributed by atoms with Crippen LogP contribution in [0.5, 0.6) is 0 Å². The Morgan fingerprint density at radius 1 is 1.27 bits per heavy atom. The van der Waals surface area contributed by atoms with Crippen molar-refractivity contribution in [3.63, 3.8) is 0 Å². The van der Waals surface area contributed by atoms with E-state index in [0.29, 0.717) is 16.8 Å². The van der Waals surface area contributed by atoms with Gasteiger partial charge in [-0.15, -0.1) is 5.10 Å². The summed E-state index contributed by atoms with van der Waals surface area (Å²) in [7, 11) is 1.75. The van der Waals surface area contributed by atoms with Crippen molar-refractivity contribution in [3.8, 4) is 5.69 Å². The lowest BCUT2D eigenvalue weighted by Gasteiger charge is -2.10. The molecular weight excluding hydrogens is 304 g/mol. The zero-order valence-electron chi connectivity index (χ0n) is 11.9. The Labute approximate surface area is 131 Å². The largest absolute Gasteiger partial charge is 0.372 e. The summed E-state index contributed by atoms with van der Waals surface area (Å²) in [6, 6.07) is 5.82. The van der Waals surface area contributed by atoms with Gasteiger partial charge in [-0.25, -0.2) is 9.67 Å². The maximum Gasteiger partial charge on any atom is 0.229 e. The molecule has 2 N–H and O–H groups in total. The Morgan fingerprint density at radius 3 is 2.86 bits per heavy atom. The van der Waals surface area contributed by atoms with E-state index in [-0.39, 0.29) is 0 Å². The number of tetrazole rings is 1. The van der Waals surface area contributed by atoms with Crippen LogP contribution >= 0.6 is 11.6 Å². The van der Waals surface area contributed by atoms with Crippen molar-refractivity contribution in [2.45, 2.75) is 6.92 Å². The van der Waals surface area contributed by atoms with Crippen molar-refractivity contribution in [2.75, 3.05) is 17.7 Å². The third-order valence-corrected chi connectivity index (χ3v) is 3.32. The molecule has 0 saturated heterocycles. The first kappa shape index (κ1) is 14.2. The normalized spacial score (nSPS) is 10.5. The highest BCUT2D eigenvalue weighted by Gasteiger charge is 2.07. The molecule has 2 heterocycles. The highest BCUT2D eigenvalue weighted by molar-refractivity contribution is 6.32. The fourth-order valence-corrected chi connectivity index (χ4v) is 2.12. The molecule has 1 aromatic carbocycles. The Bertz CT molecular complexity index is 787. The molecule has 8 nitrogen and oxygen atoms in total.